The summed E-state index contributed by atoms with van der Waals surface area (Å²) in [4.78, 5) is 10.8. The molecule has 2 nitrogen and oxygen atoms in total. The number of carboxylic acids is 1. The van der Waals surface area contributed by atoms with Crippen LogP contribution in [0, 0.1) is 5.92 Å². The highest BCUT2D eigenvalue weighted by Crippen LogP contribution is 2.21. The van der Waals surface area contributed by atoms with E-state index in [1.807, 2.05) is 12.1 Å². The number of hydrogen-bond donors (Lipinski definition) is 0. The van der Waals surface area contributed by atoms with Crippen molar-refractivity contribution in [3.05, 3.63) is 60.7 Å². The Morgan fingerprint density at radius 1 is 0.645 bits per heavy atom. The zero-order valence-corrected chi connectivity index (χ0v) is 19.9. The SMILES string of the molecule is CCCCCCCCC(CCCCCC)CC(=O)[O-].c1ccc(-c2ccccc2)cc1. The summed E-state index contributed by atoms with van der Waals surface area (Å²) < 4.78 is 0. The summed E-state index contributed by atoms with van der Waals surface area (Å²) in [5, 5.41) is 10.8. The predicted molar refractivity (Wildman–Crippen MR) is 132 cm³/mol. The minimum Gasteiger partial charge on any atom is -0.550 e. The fourth-order valence-corrected chi connectivity index (χ4v) is 3.92. The Hall–Kier alpha value is -2.09. The normalized spacial score (nSPS) is 11.4. The average molecular weight is 424 g/mol. The zero-order chi connectivity index (χ0) is 22.6. The van der Waals surface area contributed by atoms with Crippen molar-refractivity contribution in [1.29, 1.82) is 0 Å². The Bertz CT molecular complexity index is 613. The van der Waals surface area contributed by atoms with Crippen molar-refractivity contribution < 1.29 is 9.90 Å². The molecule has 0 saturated carbocycles. The van der Waals surface area contributed by atoms with Gasteiger partial charge in [-0.3, -0.25) is 0 Å². The standard InChI is InChI=1S/C17H34O2.C12H10/c1-3-5-7-9-10-12-14-16(15-17(18)19)13-11-8-6-4-2;1-3-7-11(8-4-1)12-9-5-2-6-10-12/h16H,3-15H2,1-2H3,(H,18,19);1-10H/p-1. The van der Waals surface area contributed by atoms with E-state index in [9.17, 15) is 9.90 Å². The maximum Gasteiger partial charge on any atom is 0.0417 e. The van der Waals surface area contributed by atoms with Crippen LogP contribution in [0.3, 0.4) is 0 Å². The molecule has 0 saturated heterocycles. The van der Waals surface area contributed by atoms with Crippen molar-refractivity contribution in [2.75, 3.05) is 0 Å². The van der Waals surface area contributed by atoms with Crippen LogP contribution in [0.2, 0.25) is 0 Å². The quantitative estimate of drug-likeness (QED) is 0.274. The third-order valence-corrected chi connectivity index (χ3v) is 5.77. The summed E-state index contributed by atoms with van der Waals surface area (Å²) in [5.41, 5.74) is 2.55. The van der Waals surface area contributed by atoms with E-state index in [-0.39, 0.29) is 6.42 Å². The highest BCUT2D eigenvalue weighted by Gasteiger charge is 2.08. The fourth-order valence-electron chi connectivity index (χ4n) is 3.92. The number of benzene rings is 2. The first-order valence-electron chi connectivity index (χ1n) is 12.5. The topological polar surface area (TPSA) is 40.1 Å². The van der Waals surface area contributed by atoms with Gasteiger partial charge in [-0.2, -0.15) is 0 Å². The first-order valence-corrected chi connectivity index (χ1v) is 12.5. The minimum atomic E-state index is -0.869. The fraction of sp³-hybridized carbons (Fsp3) is 0.552. The number of rotatable bonds is 15. The summed E-state index contributed by atoms with van der Waals surface area (Å²) in [5.74, 6) is -0.514. The molecule has 2 aromatic carbocycles. The number of hydrogen-bond acceptors (Lipinski definition) is 2. The Labute approximate surface area is 191 Å². The van der Waals surface area contributed by atoms with Crippen LogP contribution >= 0.6 is 0 Å². The van der Waals surface area contributed by atoms with Crippen LogP contribution in [0.25, 0.3) is 11.1 Å². The summed E-state index contributed by atoms with van der Waals surface area (Å²) in [6, 6.07) is 20.8. The van der Waals surface area contributed by atoms with Crippen molar-refractivity contribution in [2.24, 2.45) is 5.92 Å². The molecule has 0 bridgehead atoms. The molecule has 2 rings (SSSR count). The third-order valence-electron chi connectivity index (χ3n) is 5.77. The molecule has 1 unspecified atom stereocenters. The lowest BCUT2D eigenvalue weighted by atomic mass is 9.91. The highest BCUT2D eigenvalue weighted by molar-refractivity contribution is 5.64. The molecule has 0 spiro atoms. The summed E-state index contributed by atoms with van der Waals surface area (Å²) in [6.45, 7) is 4.43. The Morgan fingerprint density at radius 2 is 1.03 bits per heavy atom. The number of carbonyl (C=O) groups excluding carboxylic acids is 1. The van der Waals surface area contributed by atoms with Gasteiger partial charge in [0.2, 0.25) is 0 Å². The molecule has 0 aliphatic carbocycles. The Morgan fingerprint density at radius 3 is 1.45 bits per heavy atom. The summed E-state index contributed by atoms with van der Waals surface area (Å²) in [6.07, 6.45) is 15.1. The second kappa shape index (κ2) is 18.7. The molecule has 0 heterocycles. The molecule has 0 aromatic heterocycles. The van der Waals surface area contributed by atoms with E-state index < -0.39 is 5.97 Å². The lowest BCUT2D eigenvalue weighted by Gasteiger charge is -2.17. The van der Waals surface area contributed by atoms with Gasteiger partial charge in [0.1, 0.15) is 0 Å². The maximum absolute atomic E-state index is 10.8. The Balaban J connectivity index is 0.000000339. The first kappa shape index (κ1) is 26.9. The van der Waals surface area contributed by atoms with E-state index in [4.69, 9.17) is 0 Å². The number of carbonyl (C=O) groups is 1. The van der Waals surface area contributed by atoms with Gasteiger partial charge in [-0.25, -0.2) is 0 Å². The molecular weight excluding hydrogens is 380 g/mol. The van der Waals surface area contributed by atoms with Crippen molar-refractivity contribution >= 4 is 5.97 Å². The van der Waals surface area contributed by atoms with Gasteiger partial charge in [0.15, 0.2) is 0 Å². The summed E-state index contributed by atoms with van der Waals surface area (Å²) >= 11 is 0. The van der Waals surface area contributed by atoms with E-state index in [1.54, 1.807) is 0 Å². The van der Waals surface area contributed by atoms with Crippen molar-refractivity contribution in [3.8, 4) is 11.1 Å². The third kappa shape index (κ3) is 14.5. The van der Waals surface area contributed by atoms with Gasteiger partial charge in [-0.15, -0.1) is 0 Å². The molecule has 0 amide bonds. The second-order valence-electron chi connectivity index (χ2n) is 8.58. The molecule has 1 atom stereocenters. The lowest BCUT2D eigenvalue weighted by Crippen LogP contribution is -2.25. The number of unbranched alkanes of at least 4 members (excludes halogenated alkanes) is 8. The first-order chi connectivity index (χ1) is 15.2. The lowest BCUT2D eigenvalue weighted by molar-refractivity contribution is -0.306. The van der Waals surface area contributed by atoms with Gasteiger partial charge < -0.3 is 9.90 Å². The van der Waals surface area contributed by atoms with Crippen LogP contribution in [0.4, 0.5) is 0 Å². The highest BCUT2D eigenvalue weighted by atomic mass is 16.4. The van der Waals surface area contributed by atoms with E-state index in [1.165, 1.54) is 75.3 Å². The maximum atomic E-state index is 10.8. The predicted octanol–water partition coefficient (Wildman–Crippen LogP) is 7.82. The molecule has 0 N–H and O–H groups in total. The van der Waals surface area contributed by atoms with Crippen LogP contribution < -0.4 is 5.11 Å². The van der Waals surface area contributed by atoms with Gasteiger partial charge in [0.25, 0.3) is 0 Å². The molecule has 31 heavy (non-hydrogen) atoms. The van der Waals surface area contributed by atoms with Gasteiger partial charge in [-0.1, -0.05) is 152 Å². The number of aliphatic carboxylic acids is 1. The molecule has 0 aliphatic rings. The van der Waals surface area contributed by atoms with E-state index in [2.05, 4.69) is 62.4 Å². The van der Waals surface area contributed by atoms with Gasteiger partial charge in [-0.05, 0) is 23.5 Å². The van der Waals surface area contributed by atoms with E-state index in [0.29, 0.717) is 5.92 Å². The van der Waals surface area contributed by atoms with Crippen LogP contribution in [0.1, 0.15) is 97.3 Å². The number of carboxylic acid groups (broad SMARTS) is 1. The van der Waals surface area contributed by atoms with Gasteiger partial charge in [0, 0.05) is 5.97 Å². The van der Waals surface area contributed by atoms with Crippen LogP contribution in [-0.4, -0.2) is 5.97 Å². The average Bonchev–Trinajstić information content (AvgIpc) is 2.80. The van der Waals surface area contributed by atoms with Crippen molar-refractivity contribution in [1.82, 2.24) is 0 Å². The van der Waals surface area contributed by atoms with Gasteiger partial charge >= 0.3 is 0 Å². The molecule has 2 aromatic rings. The molecular formula is C29H43O2-. The van der Waals surface area contributed by atoms with E-state index in [0.717, 1.165) is 12.8 Å². The van der Waals surface area contributed by atoms with E-state index >= 15 is 0 Å². The summed E-state index contributed by atoms with van der Waals surface area (Å²) in [7, 11) is 0. The Kier molecular flexibility index (Phi) is 16.2. The van der Waals surface area contributed by atoms with Crippen molar-refractivity contribution in [2.45, 2.75) is 97.3 Å². The molecule has 2 heteroatoms. The van der Waals surface area contributed by atoms with Crippen LogP contribution in [0.15, 0.2) is 60.7 Å². The molecule has 0 radical (unpaired) electrons. The van der Waals surface area contributed by atoms with Crippen molar-refractivity contribution in [3.63, 3.8) is 0 Å². The minimum absolute atomic E-state index is 0.265. The zero-order valence-electron chi connectivity index (χ0n) is 19.9. The van der Waals surface area contributed by atoms with Crippen LogP contribution in [0.5, 0.6) is 0 Å². The monoisotopic (exact) mass is 423 g/mol. The largest absolute Gasteiger partial charge is 0.550 e. The molecule has 0 aliphatic heterocycles. The van der Waals surface area contributed by atoms with Gasteiger partial charge in [0.05, 0.1) is 0 Å². The molecule has 172 valence electrons. The molecule has 0 fully saturated rings. The van der Waals surface area contributed by atoms with Crippen LogP contribution in [-0.2, 0) is 4.79 Å². The second-order valence-corrected chi connectivity index (χ2v) is 8.58. The smallest absolute Gasteiger partial charge is 0.0417 e.